The van der Waals surface area contributed by atoms with Crippen LogP contribution in [0.15, 0.2) is 48.5 Å². The largest absolute Gasteiger partial charge is 0.330 e. The predicted octanol–water partition coefficient (Wildman–Crippen LogP) is 4.51. The van der Waals surface area contributed by atoms with Crippen LogP contribution < -0.4 is 5.32 Å². The Morgan fingerprint density at radius 2 is 1.93 bits per heavy atom. The number of benzene rings is 2. The highest BCUT2D eigenvalue weighted by atomic mass is 16.1. The van der Waals surface area contributed by atoms with Gasteiger partial charge in [-0.3, -0.25) is 9.69 Å². The van der Waals surface area contributed by atoms with Gasteiger partial charge in [0.1, 0.15) is 5.82 Å². The number of carbonyl (C=O) groups excluding carboxylic acids is 1. The topological polar surface area (TPSA) is 50.2 Å². The number of piperidine rings is 1. The van der Waals surface area contributed by atoms with Crippen LogP contribution in [0.5, 0.6) is 0 Å². The van der Waals surface area contributed by atoms with E-state index in [1.54, 1.807) is 0 Å². The minimum absolute atomic E-state index is 0.123. The van der Waals surface area contributed by atoms with Crippen LogP contribution in [-0.4, -0.2) is 33.4 Å². The molecule has 0 radical (unpaired) electrons. The van der Waals surface area contributed by atoms with Crippen LogP contribution in [-0.2, 0) is 18.4 Å². The quantitative estimate of drug-likeness (QED) is 0.674. The van der Waals surface area contributed by atoms with E-state index in [0.717, 1.165) is 61.5 Å². The summed E-state index contributed by atoms with van der Waals surface area (Å²) in [7, 11) is 2.10. The van der Waals surface area contributed by atoms with Crippen LogP contribution >= 0.6 is 0 Å². The zero-order valence-electron chi connectivity index (χ0n) is 17.4. The van der Waals surface area contributed by atoms with Crippen LogP contribution in [0.2, 0.25) is 0 Å². The maximum absolute atomic E-state index is 12.3. The Balaban J connectivity index is 1.23. The fourth-order valence-corrected chi connectivity index (χ4v) is 4.25. The van der Waals surface area contributed by atoms with Crippen molar-refractivity contribution in [3.63, 3.8) is 0 Å². The molecule has 0 atom stereocenters. The van der Waals surface area contributed by atoms with E-state index >= 15 is 0 Å². The fourth-order valence-electron chi connectivity index (χ4n) is 4.25. The molecule has 1 aliphatic heterocycles. The third-order valence-corrected chi connectivity index (χ3v) is 6.03. The number of aromatic nitrogens is 2. The summed E-state index contributed by atoms with van der Waals surface area (Å²) in [4.78, 5) is 19.6. The molecule has 0 unspecified atom stereocenters. The number of para-hydroxylation sites is 2. The number of fused-ring (bicyclic) bond motifs is 1. The van der Waals surface area contributed by atoms with E-state index < -0.39 is 0 Å². The van der Waals surface area contributed by atoms with Gasteiger partial charge in [-0.05, 0) is 75.0 Å². The Hall–Kier alpha value is -2.66. The lowest BCUT2D eigenvalue weighted by Gasteiger charge is -2.31. The number of carbonyl (C=O) groups is 1. The number of imidazole rings is 1. The summed E-state index contributed by atoms with van der Waals surface area (Å²) >= 11 is 0. The first-order valence-corrected chi connectivity index (χ1v) is 10.6. The van der Waals surface area contributed by atoms with Crippen molar-refractivity contribution in [2.45, 2.75) is 39.2 Å². The maximum Gasteiger partial charge on any atom is 0.224 e. The molecule has 0 spiro atoms. The van der Waals surface area contributed by atoms with Gasteiger partial charge in [0.2, 0.25) is 5.91 Å². The molecule has 5 nitrogen and oxygen atoms in total. The molecular formula is C24H30N4O. The van der Waals surface area contributed by atoms with Crippen molar-refractivity contribution in [1.29, 1.82) is 0 Å². The van der Waals surface area contributed by atoms with E-state index in [1.165, 1.54) is 5.52 Å². The lowest BCUT2D eigenvalue weighted by molar-refractivity contribution is -0.116. The first-order chi connectivity index (χ1) is 14.1. The molecular weight excluding hydrogens is 360 g/mol. The molecule has 0 saturated carbocycles. The van der Waals surface area contributed by atoms with E-state index in [1.807, 2.05) is 37.3 Å². The van der Waals surface area contributed by atoms with E-state index in [4.69, 9.17) is 4.98 Å². The molecule has 1 saturated heterocycles. The van der Waals surface area contributed by atoms with Gasteiger partial charge < -0.3 is 9.88 Å². The molecule has 0 bridgehead atoms. The number of hydrogen-bond donors (Lipinski definition) is 1. The normalized spacial score (nSPS) is 15.7. The summed E-state index contributed by atoms with van der Waals surface area (Å²) in [5.41, 5.74) is 4.32. The van der Waals surface area contributed by atoms with Crippen molar-refractivity contribution in [3.05, 3.63) is 59.9 Å². The lowest BCUT2D eigenvalue weighted by atomic mass is 9.92. The minimum Gasteiger partial charge on any atom is -0.330 e. The molecule has 1 aromatic heterocycles. The number of likely N-dealkylation sites (tertiary alicyclic amines) is 1. The highest BCUT2D eigenvalue weighted by Gasteiger charge is 2.21. The zero-order chi connectivity index (χ0) is 20.2. The smallest absolute Gasteiger partial charge is 0.224 e. The number of nitrogens with one attached hydrogen (secondary N) is 1. The first-order valence-electron chi connectivity index (χ1n) is 10.6. The number of rotatable bonds is 6. The lowest BCUT2D eigenvalue weighted by Crippen LogP contribution is -2.34. The predicted molar refractivity (Wildman–Crippen MR) is 118 cm³/mol. The van der Waals surface area contributed by atoms with E-state index in [2.05, 4.69) is 40.0 Å². The average molecular weight is 391 g/mol. The van der Waals surface area contributed by atoms with Gasteiger partial charge in [0.05, 0.1) is 17.6 Å². The van der Waals surface area contributed by atoms with Crippen LogP contribution in [0.1, 0.15) is 37.1 Å². The summed E-state index contributed by atoms with van der Waals surface area (Å²) in [6.07, 6.45) is 3.88. The van der Waals surface area contributed by atoms with Crippen molar-refractivity contribution in [3.8, 4) is 0 Å². The number of aryl methyl sites for hydroxylation is 2. The van der Waals surface area contributed by atoms with Crippen LogP contribution in [0.4, 0.5) is 5.69 Å². The van der Waals surface area contributed by atoms with Gasteiger partial charge in [-0.1, -0.05) is 24.3 Å². The standard InChI is InChI=1S/C24H30N4O/c1-18-6-5-7-20(16-18)25-24(29)11-10-19-12-14-28(15-13-19)17-23-26-21-8-3-4-9-22(21)27(23)2/h3-9,16,19H,10-15,17H2,1-2H3,(H,25,29). The van der Waals surface area contributed by atoms with Gasteiger partial charge in [0.25, 0.3) is 0 Å². The maximum atomic E-state index is 12.3. The summed E-state index contributed by atoms with van der Waals surface area (Å²) in [5.74, 6) is 1.88. The molecule has 3 aromatic rings. The van der Waals surface area contributed by atoms with E-state index in [-0.39, 0.29) is 5.91 Å². The van der Waals surface area contributed by atoms with Gasteiger partial charge in [-0.25, -0.2) is 4.98 Å². The highest BCUT2D eigenvalue weighted by Crippen LogP contribution is 2.24. The Labute approximate surface area is 172 Å². The van der Waals surface area contributed by atoms with Gasteiger partial charge in [-0.2, -0.15) is 0 Å². The first kappa shape index (κ1) is 19.6. The Bertz CT molecular complexity index is 985. The second-order valence-electron chi connectivity index (χ2n) is 8.25. The second-order valence-corrected chi connectivity index (χ2v) is 8.25. The zero-order valence-corrected chi connectivity index (χ0v) is 17.4. The summed E-state index contributed by atoms with van der Waals surface area (Å²) < 4.78 is 2.21. The van der Waals surface area contributed by atoms with Crippen molar-refractivity contribution in [2.75, 3.05) is 18.4 Å². The monoisotopic (exact) mass is 390 g/mol. The third kappa shape index (κ3) is 4.85. The molecule has 4 rings (SSSR count). The average Bonchev–Trinajstić information content (AvgIpc) is 3.03. The highest BCUT2D eigenvalue weighted by molar-refractivity contribution is 5.90. The molecule has 5 heteroatoms. The molecule has 2 heterocycles. The summed E-state index contributed by atoms with van der Waals surface area (Å²) in [6.45, 7) is 5.09. The number of anilines is 1. The Kier molecular flexibility index (Phi) is 5.95. The van der Waals surface area contributed by atoms with Crippen LogP contribution in [0.3, 0.4) is 0 Å². The van der Waals surface area contributed by atoms with Gasteiger partial charge in [0, 0.05) is 19.2 Å². The molecule has 1 fully saturated rings. The second kappa shape index (κ2) is 8.78. The molecule has 29 heavy (non-hydrogen) atoms. The van der Waals surface area contributed by atoms with Gasteiger partial charge in [0.15, 0.2) is 0 Å². The van der Waals surface area contributed by atoms with Crippen molar-refractivity contribution >= 4 is 22.6 Å². The van der Waals surface area contributed by atoms with Gasteiger partial charge >= 0.3 is 0 Å². The van der Waals surface area contributed by atoms with Crippen LogP contribution in [0, 0.1) is 12.8 Å². The summed E-state index contributed by atoms with van der Waals surface area (Å²) in [6, 6.07) is 16.3. The Morgan fingerprint density at radius 3 is 2.69 bits per heavy atom. The number of nitrogens with zero attached hydrogens (tertiary/aromatic N) is 3. The fraction of sp³-hybridized carbons (Fsp3) is 0.417. The Morgan fingerprint density at radius 1 is 1.14 bits per heavy atom. The van der Waals surface area contributed by atoms with Crippen molar-refractivity contribution < 1.29 is 4.79 Å². The third-order valence-electron chi connectivity index (χ3n) is 6.03. The van der Waals surface area contributed by atoms with E-state index in [9.17, 15) is 4.79 Å². The van der Waals surface area contributed by atoms with Gasteiger partial charge in [-0.15, -0.1) is 0 Å². The summed E-state index contributed by atoms with van der Waals surface area (Å²) in [5, 5.41) is 3.02. The van der Waals surface area contributed by atoms with Crippen LogP contribution in [0.25, 0.3) is 11.0 Å². The minimum atomic E-state index is 0.123. The van der Waals surface area contributed by atoms with E-state index in [0.29, 0.717) is 12.3 Å². The SMILES string of the molecule is Cc1cccc(NC(=O)CCC2CCN(Cc3nc4ccccc4n3C)CC2)c1. The molecule has 2 aromatic carbocycles. The molecule has 1 aliphatic rings. The molecule has 1 N–H and O–H groups in total. The van der Waals surface area contributed by atoms with Crippen molar-refractivity contribution in [2.24, 2.45) is 13.0 Å². The number of hydrogen-bond acceptors (Lipinski definition) is 3. The molecule has 1 amide bonds. The molecule has 0 aliphatic carbocycles. The van der Waals surface area contributed by atoms with Crippen molar-refractivity contribution in [1.82, 2.24) is 14.5 Å². The number of amides is 1. The molecule has 152 valence electrons.